The Balaban J connectivity index is 1.72. The topological polar surface area (TPSA) is 75.6 Å². The summed E-state index contributed by atoms with van der Waals surface area (Å²) in [6.45, 7) is -0.0881. The molecule has 0 unspecified atom stereocenters. The molecule has 0 saturated carbocycles. The molecule has 2 aromatic rings. The average molecular weight is 317 g/mol. The van der Waals surface area contributed by atoms with Crippen molar-refractivity contribution in [2.24, 2.45) is 0 Å². The number of halogens is 1. The molecule has 0 aliphatic carbocycles. The van der Waals surface area contributed by atoms with E-state index in [1.807, 2.05) is 0 Å². The van der Waals surface area contributed by atoms with Crippen LogP contribution in [0.1, 0.15) is 15.9 Å². The van der Waals surface area contributed by atoms with Gasteiger partial charge in [0, 0.05) is 6.54 Å². The molecule has 0 aromatic heterocycles. The number of rotatable bonds is 6. The fourth-order valence-electron chi connectivity index (χ4n) is 1.90. The minimum Gasteiger partial charge on any atom is -0.507 e. The first-order valence-corrected chi connectivity index (χ1v) is 7.02. The van der Waals surface area contributed by atoms with Crippen LogP contribution in [-0.4, -0.2) is 30.1 Å². The van der Waals surface area contributed by atoms with Crippen LogP contribution in [0.15, 0.2) is 48.5 Å². The highest BCUT2D eigenvalue weighted by molar-refractivity contribution is 5.93. The van der Waals surface area contributed by atoms with Crippen LogP contribution in [0.3, 0.4) is 0 Å². The van der Waals surface area contributed by atoms with Crippen molar-refractivity contribution in [3.63, 3.8) is 0 Å². The van der Waals surface area contributed by atoms with Gasteiger partial charge < -0.3 is 15.2 Å². The highest BCUT2D eigenvalue weighted by Crippen LogP contribution is 2.16. The predicted octanol–water partition coefficient (Wildman–Crippen LogP) is 2.05. The van der Waals surface area contributed by atoms with E-state index in [1.54, 1.807) is 24.3 Å². The first-order valence-electron chi connectivity index (χ1n) is 7.02. The summed E-state index contributed by atoms with van der Waals surface area (Å²) >= 11 is 0. The largest absolute Gasteiger partial charge is 0.507 e. The number of benzene rings is 2. The number of para-hydroxylation sites is 1. The number of hydrogen-bond acceptors (Lipinski definition) is 4. The lowest BCUT2D eigenvalue weighted by molar-refractivity contribution is -0.124. The van der Waals surface area contributed by atoms with Gasteiger partial charge >= 0.3 is 5.97 Å². The first-order chi connectivity index (χ1) is 11.1. The predicted molar refractivity (Wildman–Crippen MR) is 81.5 cm³/mol. The SMILES string of the molecule is O=C(COC(=O)c1ccccc1O)NCCc1ccc(F)cc1. The van der Waals surface area contributed by atoms with Gasteiger partial charge in [0.2, 0.25) is 0 Å². The number of ether oxygens (including phenoxy) is 1. The lowest BCUT2D eigenvalue weighted by atomic mass is 10.1. The highest BCUT2D eigenvalue weighted by atomic mass is 19.1. The summed E-state index contributed by atoms with van der Waals surface area (Å²) in [6, 6.07) is 11.9. The lowest BCUT2D eigenvalue weighted by Gasteiger charge is -2.07. The summed E-state index contributed by atoms with van der Waals surface area (Å²) in [5.41, 5.74) is 0.893. The number of phenols is 1. The Morgan fingerprint density at radius 1 is 1.09 bits per heavy atom. The van der Waals surface area contributed by atoms with Gasteiger partial charge in [-0.3, -0.25) is 4.79 Å². The summed E-state index contributed by atoms with van der Waals surface area (Å²) in [5.74, 6) is -1.73. The molecule has 0 radical (unpaired) electrons. The number of phenolic OH excluding ortho intramolecular Hbond substituents is 1. The minimum absolute atomic E-state index is 0.00612. The van der Waals surface area contributed by atoms with E-state index in [2.05, 4.69) is 5.32 Å². The van der Waals surface area contributed by atoms with Crippen LogP contribution in [0.5, 0.6) is 5.75 Å². The molecule has 2 rings (SSSR count). The Labute approximate surface area is 132 Å². The molecule has 2 N–H and O–H groups in total. The summed E-state index contributed by atoms with van der Waals surface area (Å²) in [5, 5.41) is 12.1. The fourth-order valence-corrected chi connectivity index (χ4v) is 1.90. The molecule has 0 aliphatic heterocycles. The number of carbonyl (C=O) groups is 2. The van der Waals surface area contributed by atoms with E-state index in [1.165, 1.54) is 24.3 Å². The number of aromatic hydroxyl groups is 1. The smallest absolute Gasteiger partial charge is 0.342 e. The molecular formula is C17H16FNO4. The second-order valence-corrected chi connectivity index (χ2v) is 4.82. The van der Waals surface area contributed by atoms with Crippen LogP contribution in [-0.2, 0) is 16.0 Å². The van der Waals surface area contributed by atoms with Gasteiger partial charge in [-0.2, -0.15) is 0 Å². The zero-order valence-electron chi connectivity index (χ0n) is 12.3. The van der Waals surface area contributed by atoms with E-state index in [0.717, 1.165) is 5.56 Å². The van der Waals surface area contributed by atoms with Crippen LogP contribution in [0.25, 0.3) is 0 Å². The van der Waals surface area contributed by atoms with Crippen molar-refractivity contribution in [1.82, 2.24) is 5.32 Å². The molecule has 5 nitrogen and oxygen atoms in total. The third-order valence-electron chi connectivity index (χ3n) is 3.11. The molecule has 23 heavy (non-hydrogen) atoms. The maximum Gasteiger partial charge on any atom is 0.342 e. The Hall–Kier alpha value is -2.89. The summed E-state index contributed by atoms with van der Waals surface area (Å²) in [7, 11) is 0. The summed E-state index contributed by atoms with van der Waals surface area (Å²) in [6.07, 6.45) is 0.541. The quantitative estimate of drug-likeness (QED) is 0.800. The van der Waals surface area contributed by atoms with E-state index in [0.29, 0.717) is 13.0 Å². The lowest BCUT2D eigenvalue weighted by Crippen LogP contribution is -2.30. The third-order valence-corrected chi connectivity index (χ3v) is 3.11. The number of hydrogen-bond donors (Lipinski definition) is 2. The van der Waals surface area contributed by atoms with E-state index < -0.39 is 18.5 Å². The van der Waals surface area contributed by atoms with Crippen molar-refractivity contribution >= 4 is 11.9 Å². The molecule has 6 heteroatoms. The van der Waals surface area contributed by atoms with Gasteiger partial charge in [0.05, 0.1) is 0 Å². The molecule has 0 bridgehead atoms. The molecule has 2 aromatic carbocycles. The van der Waals surface area contributed by atoms with Gasteiger partial charge in [0.25, 0.3) is 5.91 Å². The molecule has 1 amide bonds. The van der Waals surface area contributed by atoms with Gasteiger partial charge in [-0.25, -0.2) is 9.18 Å². The van der Waals surface area contributed by atoms with E-state index in [-0.39, 0.29) is 17.1 Å². The number of carbonyl (C=O) groups excluding carboxylic acids is 2. The number of nitrogens with one attached hydrogen (secondary N) is 1. The molecule has 0 atom stereocenters. The molecule has 0 fully saturated rings. The standard InChI is InChI=1S/C17H16FNO4/c18-13-7-5-12(6-8-13)9-10-19-16(21)11-23-17(22)14-3-1-2-4-15(14)20/h1-8,20H,9-11H2,(H,19,21). The first kappa shape index (κ1) is 16.5. The molecular weight excluding hydrogens is 301 g/mol. The Kier molecular flexibility index (Phi) is 5.68. The van der Waals surface area contributed by atoms with Crippen LogP contribution in [0, 0.1) is 5.82 Å². The zero-order valence-corrected chi connectivity index (χ0v) is 12.3. The van der Waals surface area contributed by atoms with Crippen LogP contribution >= 0.6 is 0 Å². The van der Waals surface area contributed by atoms with Gasteiger partial charge in [-0.05, 0) is 36.2 Å². The number of amides is 1. The maximum absolute atomic E-state index is 12.7. The van der Waals surface area contributed by atoms with E-state index in [9.17, 15) is 19.1 Å². The second-order valence-electron chi connectivity index (χ2n) is 4.82. The van der Waals surface area contributed by atoms with Crippen molar-refractivity contribution in [3.05, 3.63) is 65.5 Å². The molecule has 0 heterocycles. The average Bonchev–Trinajstić information content (AvgIpc) is 2.55. The summed E-state index contributed by atoms with van der Waals surface area (Å²) in [4.78, 5) is 23.3. The number of esters is 1. The van der Waals surface area contributed by atoms with Gasteiger partial charge in [-0.1, -0.05) is 24.3 Å². The Bertz CT molecular complexity index is 685. The maximum atomic E-state index is 12.7. The summed E-state index contributed by atoms with van der Waals surface area (Å²) < 4.78 is 17.6. The van der Waals surface area contributed by atoms with Gasteiger partial charge in [0.1, 0.15) is 17.1 Å². The Morgan fingerprint density at radius 3 is 2.48 bits per heavy atom. The molecule has 0 aliphatic rings. The Morgan fingerprint density at radius 2 is 1.78 bits per heavy atom. The van der Waals surface area contributed by atoms with Crippen molar-refractivity contribution in [1.29, 1.82) is 0 Å². The van der Waals surface area contributed by atoms with E-state index in [4.69, 9.17) is 4.74 Å². The monoisotopic (exact) mass is 317 g/mol. The van der Waals surface area contributed by atoms with Crippen molar-refractivity contribution in [2.75, 3.05) is 13.2 Å². The van der Waals surface area contributed by atoms with E-state index >= 15 is 0 Å². The van der Waals surface area contributed by atoms with Gasteiger partial charge in [0.15, 0.2) is 6.61 Å². The van der Waals surface area contributed by atoms with Crippen LogP contribution < -0.4 is 5.32 Å². The molecule has 0 spiro atoms. The zero-order chi connectivity index (χ0) is 16.7. The van der Waals surface area contributed by atoms with Crippen LogP contribution in [0.2, 0.25) is 0 Å². The van der Waals surface area contributed by atoms with Gasteiger partial charge in [-0.15, -0.1) is 0 Å². The van der Waals surface area contributed by atoms with Crippen molar-refractivity contribution in [2.45, 2.75) is 6.42 Å². The fraction of sp³-hybridized carbons (Fsp3) is 0.176. The minimum atomic E-state index is -0.767. The van der Waals surface area contributed by atoms with Crippen molar-refractivity contribution in [3.8, 4) is 5.75 Å². The third kappa shape index (κ3) is 5.10. The van der Waals surface area contributed by atoms with Crippen molar-refractivity contribution < 1.29 is 23.8 Å². The highest BCUT2D eigenvalue weighted by Gasteiger charge is 2.13. The van der Waals surface area contributed by atoms with Crippen LogP contribution in [0.4, 0.5) is 4.39 Å². The normalized spacial score (nSPS) is 10.1. The molecule has 0 saturated heterocycles. The second kappa shape index (κ2) is 7.93. The molecule has 120 valence electrons.